The Labute approximate surface area is 182 Å². The van der Waals surface area contributed by atoms with E-state index < -0.39 is 6.04 Å². The lowest BCUT2D eigenvalue weighted by Gasteiger charge is -2.28. The van der Waals surface area contributed by atoms with Crippen molar-refractivity contribution in [2.24, 2.45) is 0 Å². The van der Waals surface area contributed by atoms with Gasteiger partial charge in [0.2, 0.25) is 5.76 Å². The molecule has 0 radical (unpaired) electrons. The molecule has 4 heterocycles. The zero-order valence-corrected chi connectivity index (χ0v) is 17.9. The maximum Gasteiger partial charge on any atom is 0.290 e. The van der Waals surface area contributed by atoms with E-state index in [1.807, 2.05) is 17.5 Å². The Morgan fingerprint density at radius 3 is 2.73 bits per heavy atom. The number of amides is 1. The van der Waals surface area contributed by atoms with E-state index in [0.29, 0.717) is 28.1 Å². The van der Waals surface area contributed by atoms with Crippen LogP contribution in [0.15, 0.2) is 44.9 Å². The molecule has 6 nitrogen and oxygen atoms in total. The SMILES string of the molecule is O=C1c2oc3ccc(Cl)cc3c(=O)c2[C@@H](c2cccs2)N1CCCN1CCOCC1. The number of halogens is 1. The minimum atomic E-state index is -0.420. The Balaban J connectivity index is 1.50. The van der Waals surface area contributed by atoms with E-state index in [9.17, 15) is 9.59 Å². The molecule has 0 saturated carbocycles. The van der Waals surface area contributed by atoms with E-state index in [4.69, 9.17) is 20.8 Å². The van der Waals surface area contributed by atoms with Crippen molar-refractivity contribution in [1.29, 1.82) is 0 Å². The minimum Gasteiger partial charge on any atom is -0.450 e. The summed E-state index contributed by atoms with van der Waals surface area (Å²) in [5.74, 6) is -0.0704. The molecule has 3 aromatic rings. The topological polar surface area (TPSA) is 63.0 Å². The normalized spacial score (nSPS) is 19.6. The molecule has 1 fully saturated rings. The van der Waals surface area contributed by atoms with E-state index in [1.54, 1.807) is 34.4 Å². The van der Waals surface area contributed by atoms with Crippen LogP contribution >= 0.6 is 22.9 Å². The third-order valence-electron chi connectivity index (χ3n) is 5.72. The quantitative estimate of drug-likeness (QED) is 0.599. The Morgan fingerprint density at radius 2 is 1.97 bits per heavy atom. The summed E-state index contributed by atoms with van der Waals surface area (Å²) >= 11 is 7.65. The van der Waals surface area contributed by atoms with Gasteiger partial charge in [0.1, 0.15) is 5.58 Å². The fraction of sp³-hybridized carbons (Fsp3) is 0.364. The zero-order chi connectivity index (χ0) is 20.7. The van der Waals surface area contributed by atoms with Crippen LogP contribution in [0.3, 0.4) is 0 Å². The van der Waals surface area contributed by atoms with Crippen LogP contribution in [0.25, 0.3) is 11.0 Å². The van der Waals surface area contributed by atoms with E-state index in [1.165, 1.54) is 0 Å². The van der Waals surface area contributed by atoms with Crippen molar-refractivity contribution in [3.63, 3.8) is 0 Å². The van der Waals surface area contributed by atoms with Gasteiger partial charge in [0.05, 0.1) is 30.2 Å². The molecule has 1 aromatic carbocycles. The standard InChI is InChI=1S/C22H21ClN2O4S/c23-14-4-5-16-15(13-14)20(26)18-19(17-3-1-12-30-17)25(22(27)21(18)29-16)7-2-6-24-8-10-28-11-9-24/h1,3-5,12-13,19H,2,6-11H2/t19-/m1/s1. The first-order chi connectivity index (χ1) is 14.6. The van der Waals surface area contributed by atoms with Gasteiger partial charge >= 0.3 is 0 Å². The van der Waals surface area contributed by atoms with Gasteiger partial charge in [-0.1, -0.05) is 17.7 Å². The molecule has 2 aliphatic heterocycles. The number of hydrogen-bond acceptors (Lipinski definition) is 6. The molecule has 0 N–H and O–H groups in total. The van der Waals surface area contributed by atoms with Crippen LogP contribution < -0.4 is 5.43 Å². The number of thiophene rings is 1. The van der Waals surface area contributed by atoms with Crippen LogP contribution in [-0.2, 0) is 4.74 Å². The largest absolute Gasteiger partial charge is 0.450 e. The highest BCUT2D eigenvalue weighted by molar-refractivity contribution is 7.10. The van der Waals surface area contributed by atoms with E-state index in [0.717, 1.165) is 44.1 Å². The van der Waals surface area contributed by atoms with Gasteiger partial charge in [0.25, 0.3) is 5.91 Å². The lowest BCUT2D eigenvalue weighted by atomic mass is 10.0. The first-order valence-corrected chi connectivity index (χ1v) is 11.3. The molecule has 2 aromatic heterocycles. The molecule has 1 amide bonds. The summed E-state index contributed by atoms with van der Waals surface area (Å²) in [5.41, 5.74) is 0.622. The Morgan fingerprint density at radius 1 is 1.13 bits per heavy atom. The maximum absolute atomic E-state index is 13.4. The zero-order valence-electron chi connectivity index (χ0n) is 16.3. The van der Waals surface area contributed by atoms with Crippen LogP contribution in [0.1, 0.15) is 33.5 Å². The molecule has 1 saturated heterocycles. The summed E-state index contributed by atoms with van der Waals surface area (Å²) in [4.78, 5) is 31.7. The number of nitrogens with zero attached hydrogens (tertiary/aromatic N) is 2. The number of benzene rings is 1. The van der Waals surface area contributed by atoms with E-state index >= 15 is 0 Å². The number of fused-ring (bicyclic) bond motifs is 2. The molecular formula is C22H21ClN2O4S. The predicted molar refractivity (Wildman–Crippen MR) is 117 cm³/mol. The Kier molecular flexibility index (Phi) is 5.37. The van der Waals surface area contributed by atoms with Crippen LogP contribution in [-0.4, -0.2) is 55.1 Å². The van der Waals surface area contributed by atoms with Crippen molar-refractivity contribution in [2.75, 3.05) is 39.4 Å². The monoisotopic (exact) mass is 444 g/mol. The molecule has 8 heteroatoms. The third-order valence-corrected chi connectivity index (χ3v) is 6.88. The van der Waals surface area contributed by atoms with Gasteiger partial charge in [-0.05, 0) is 36.1 Å². The average molecular weight is 445 g/mol. The predicted octanol–water partition coefficient (Wildman–Crippen LogP) is 3.78. The van der Waals surface area contributed by atoms with Crippen LogP contribution in [0.2, 0.25) is 5.02 Å². The molecule has 0 aliphatic carbocycles. The van der Waals surface area contributed by atoms with Crippen LogP contribution in [0.4, 0.5) is 0 Å². The van der Waals surface area contributed by atoms with Gasteiger partial charge in [-0.2, -0.15) is 0 Å². The van der Waals surface area contributed by atoms with E-state index in [-0.39, 0.29) is 17.1 Å². The highest BCUT2D eigenvalue weighted by atomic mass is 35.5. The number of carbonyl (C=O) groups excluding carboxylic acids is 1. The molecule has 1 atom stereocenters. The number of carbonyl (C=O) groups is 1. The van der Waals surface area contributed by atoms with Crippen LogP contribution in [0.5, 0.6) is 0 Å². The average Bonchev–Trinajstić information content (AvgIpc) is 3.37. The fourth-order valence-electron chi connectivity index (χ4n) is 4.26. The molecule has 5 rings (SSSR count). The minimum absolute atomic E-state index is 0.152. The molecule has 30 heavy (non-hydrogen) atoms. The number of ether oxygens (including phenoxy) is 1. The number of morpholine rings is 1. The first kappa shape index (κ1) is 19.8. The van der Waals surface area contributed by atoms with Crippen molar-refractivity contribution >= 4 is 39.8 Å². The second-order valence-electron chi connectivity index (χ2n) is 7.54. The molecule has 0 spiro atoms. The van der Waals surface area contributed by atoms with Gasteiger partial charge in [-0.25, -0.2) is 0 Å². The smallest absolute Gasteiger partial charge is 0.290 e. The van der Waals surface area contributed by atoms with Gasteiger partial charge in [-0.3, -0.25) is 14.5 Å². The van der Waals surface area contributed by atoms with Gasteiger partial charge < -0.3 is 14.1 Å². The van der Waals surface area contributed by atoms with Crippen molar-refractivity contribution < 1.29 is 13.9 Å². The molecule has 2 aliphatic rings. The summed E-state index contributed by atoms with van der Waals surface area (Å²) in [6.07, 6.45) is 0.821. The molecular weight excluding hydrogens is 424 g/mol. The lowest BCUT2D eigenvalue weighted by molar-refractivity contribution is 0.0354. The highest BCUT2D eigenvalue weighted by Gasteiger charge is 2.42. The van der Waals surface area contributed by atoms with Crippen LogP contribution in [0, 0.1) is 0 Å². The second kappa shape index (κ2) is 8.15. The Hall–Kier alpha value is -2.19. The summed E-state index contributed by atoms with van der Waals surface area (Å²) in [5, 5.41) is 2.84. The molecule has 156 valence electrons. The maximum atomic E-state index is 13.4. The lowest BCUT2D eigenvalue weighted by Crippen LogP contribution is -2.38. The van der Waals surface area contributed by atoms with E-state index in [2.05, 4.69) is 4.90 Å². The van der Waals surface area contributed by atoms with Crippen molar-refractivity contribution in [3.8, 4) is 0 Å². The summed E-state index contributed by atoms with van der Waals surface area (Å²) < 4.78 is 11.3. The number of rotatable bonds is 5. The third kappa shape index (κ3) is 3.46. The van der Waals surface area contributed by atoms with Gasteiger partial charge in [-0.15, -0.1) is 11.3 Å². The highest BCUT2D eigenvalue weighted by Crippen LogP contribution is 2.40. The fourth-order valence-corrected chi connectivity index (χ4v) is 5.27. The summed E-state index contributed by atoms with van der Waals surface area (Å²) in [6.45, 7) is 4.77. The van der Waals surface area contributed by atoms with Crippen molar-refractivity contribution in [3.05, 3.63) is 67.2 Å². The van der Waals surface area contributed by atoms with Crippen molar-refractivity contribution in [2.45, 2.75) is 12.5 Å². The Bertz CT molecular complexity index is 1140. The first-order valence-electron chi connectivity index (χ1n) is 10.0. The molecule has 0 bridgehead atoms. The summed E-state index contributed by atoms with van der Waals surface area (Å²) in [7, 11) is 0. The number of hydrogen-bond donors (Lipinski definition) is 0. The van der Waals surface area contributed by atoms with Crippen molar-refractivity contribution in [1.82, 2.24) is 9.80 Å². The summed E-state index contributed by atoms with van der Waals surface area (Å²) in [6, 6.07) is 8.41. The van der Waals surface area contributed by atoms with Gasteiger partial charge in [0, 0.05) is 36.1 Å². The van der Waals surface area contributed by atoms with Gasteiger partial charge in [0.15, 0.2) is 5.43 Å². The molecule has 0 unspecified atom stereocenters. The second-order valence-corrected chi connectivity index (χ2v) is 8.95.